The highest BCUT2D eigenvalue weighted by Gasteiger charge is 2.17. The molecule has 160 valence electrons. The molecule has 0 aliphatic carbocycles. The van der Waals surface area contributed by atoms with Crippen LogP contribution in [0.25, 0.3) is 22.3 Å². The van der Waals surface area contributed by atoms with Gasteiger partial charge in [0.15, 0.2) is 5.82 Å². The van der Waals surface area contributed by atoms with Crippen LogP contribution in [0.2, 0.25) is 0 Å². The molecule has 1 saturated heterocycles. The van der Waals surface area contributed by atoms with Crippen molar-refractivity contribution in [2.45, 2.75) is 6.42 Å². The van der Waals surface area contributed by atoms with Gasteiger partial charge in [-0.2, -0.15) is 0 Å². The minimum atomic E-state index is 0.137. The Hall–Kier alpha value is -3.84. The van der Waals surface area contributed by atoms with E-state index in [0.29, 0.717) is 38.5 Å². The first-order chi connectivity index (χ1) is 15.8. The topological polar surface area (TPSA) is 80.2 Å². The molecule has 2 aromatic carbocycles. The summed E-state index contributed by atoms with van der Waals surface area (Å²) in [6.45, 7) is 2.56. The summed E-state index contributed by atoms with van der Waals surface area (Å²) in [6, 6.07) is 19.6. The summed E-state index contributed by atoms with van der Waals surface area (Å²) in [4.78, 5) is 27.9. The van der Waals surface area contributed by atoms with Crippen molar-refractivity contribution in [2.75, 3.05) is 31.6 Å². The number of ether oxygens (including phenoxy) is 1. The number of benzene rings is 2. The Morgan fingerprint density at radius 1 is 0.938 bits per heavy atom. The van der Waals surface area contributed by atoms with Crippen LogP contribution in [0.15, 0.2) is 73.1 Å². The second-order valence-electron chi connectivity index (χ2n) is 7.64. The average Bonchev–Trinajstić information content (AvgIpc) is 2.86. The van der Waals surface area contributed by atoms with Gasteiger partial charge in [-0.05, 0) is 42.0 Å². The van der Waals surface area contributed by atoms with Crippen molar-refractivity contribution in [2.24, 2.45) is 0 Å². The summed E-state index contributed by atoms with van der Waals surface area (Å²) in [5.41, 5.74) is 3.66. The highest BCUT2D eigenvalue weighted by atomic mass is 16.5. The lowest BCUT2D eigenvalue weighted by Crippen LogP contribution is -2.41. The second-order valence-corrected chi connectivity index (χ2v) is 7.64. The third-order valence-electron chi connectivity index (χ3n) is 5.48. The third-order valence-corrected chi connectivity index (χ3v) is 5.48. The van der Waals surface area contributed by atoms with Gasteiger partial charge < -0.3 is 15.0 Å². The standard InChI is InChI=1S/C25H23N5O2/c31-23(30-13-15-32-16-14-30)17-18-5-7-20(8-6-18)27-25-21-3-1-2-4-22(21)28-24(29-25)19-9-11-26-12-10-19/h1-12H,13-17H2,(H,27,28,29). The number of aromatic nitrogens is 3. The fraction of sp³-hybridized carbons (Fsp3) is 0.200. The molecule has 0 saturated carbocycles. The maximum absolute atomic E-state index is 12.5. The molecular weight excluding hydrogens is 402 g/mol. The molecule has 0 unspecified atom stereocenters. The normalized spacial score (nSPS) is 13.8. The maximum Gasteiger partial charge on any atom is 0.227 e. The van der Waals surface area contributed by atoms with E-state index in [0.717, 1.165) is 33.5 Å². The van der Waals surface area contributed by atoms with Crippen LogP contribution >= 0.6 is 0 Å². The first kappa shape index (κ1) is 20.1. The van der Waals surface area contributed by atoms with Gasteiger partial charge in [-0.15, -0.1) is 0 Å². The van der Waals surface area contributed by atoms with E-state index < -0.39 is 0 Å². The van der Waals surface area contributed by atoms with Crippen LogP contribution in [0.5, 0.6) is 0 Å². The Balaban J connectivity index is 1.37. The molecule has 5 rings (SSSR count). The van der Waals surface area contributed by atoms with Gasteiger partial charge in [0.05, 0.1) is 25.2 Å². The lowest BCUT2D eigenvalue weighted by atomic mass is 10.1. The molecule has 0 radical (unpaired) electrons. The highest BCUT2D eigenvalue weighted by Crippen LogP contribution is 2.27. The summed E-state index contributed by atoms with van der Waals surface area (Å²) < 4.78 is 5.32. The molecule has 32 heavy (non-hydrogen) atoms. The van der Waals surface area contributed by atoms with Crippen LogP contribution in [0.4, 0.5) is 11.5 Å². The lowest BCUT2D eigenvalue weighted by molar-refractivity contribution is -0.134. The van der Waals surface area contributed by atoms with E-state index in [-0.39, 0.29) is 5.91 Å². The van der Waals surface area contributed by atoms with Gasteiger partial charge >= 0.3 is 0 Å². The molecule has 2 aromatic heterocycles. The van der Waals surface area contributed by atoms with E-state index in [1.165, 1.54) is 0 Å². The molecule has 1 aliphatic rings. The first-order valence-electron chi connectivity index (χ1n) is 10.6. The molecular formula is C25H23N5O2. The van der Waals surface area contributed by atoms with Gasteiger partial charge in [0, 0.05) is 42.1 Å². The number of pyridine rings is 1. The van der Waals surface area contributed by atoms with Crippen molar-refractivity contribution < 1.29 is 9.53 Å². The van der Waals surface area contributed by atoms with Gasteiger partial charge in [0.1, 0.15) is 5.82 Å². The number of rotatable bonds is 5. The number of para-hydroxylation sites is 1. The van der Waals surface area contributed by atoms with Crippen molar-refractivity contribution in [3.8, 4) is 11.4 Å². The molecule has 1 N–H and O–H groups in total. The summed E-state index contributed by atoms with van der Waals surface area (Å²) in [6.07, 6.45) is 3.86. The Kier molecular flexibility index (Phi) is 5.72. The number of amides is 1. The number of carbonyl (C=O) groups excluding carboxylic acids is 1. The maximum atomic E-state index is 12.5. The van der Waals surface area contributed by atoms with Crippen LogP contribution in [0.1, 0.15) is 5.56 Å². The smallest absolute Gasteiger partial charge is 0.227 e. The Bertz CT molecular complexity index is 1220. The van der Waals surface area contributed by atoms with Crippen molar-refractivity contribution >= 4 is 28.3 Å². The van der Waals surface area contributed by atoms with Crippen molar-refractivity contribution in [3.63, 3.8) is 0 Å². The predicted molar refractivity (Wildman–Crippen MR) is 124 cm³/mol. The number of carbonyl (C=O) groups is 1. The molecule has 0 bridgehead atoms. The summed E-state index contributed by atoms with van der Waals surface area (Å²) in [5.74, 6) is 1.51. The number of nitrogens with zero attached hydrogens (tertiary/aromatic N) is 4. The monoisotopic (exact) mass is 425 g/mol. The van der Waals surface area contributed by atoms with Gasteiger partial charge in [-0.25, -0.2) is 9.97 Å². The summed E-state index contributed by atoms with van der Waals surface area (Å²) in [7, 11) is 0. The second kappa shape index (κ2) is 9.11. The number of nitrogens with one attached hydrogen (secondary N) is 1. The van der Waals surface area contributed by atoms with E-state index in [1.54, 1.807) is 12.4 Å². The SMILES string of the molecule is O=C(Cc1ccc(Nc2nc(-c3ccncc3)nc3ccccc23)cc1)N1CCOCC1. The van der Waals surface area contributed by atoms with Crippen molar-refractivity contribution in [1.29, 1.82) is 0 Å². The average molecular weight is 425 g/mol. The molecule has 1 amide bonds. The minimum absolute atomic E-state index is 0.137. The number of hydrogen-bond acceptors (Lipinski definition) is 6. The zero-order chi connectivity index (χ0) is 21.8. The highest BCUT2D eigenvalue weighted by molar-refractivity contribution is 5.92. The summed E-state index contributed by atoms with van der Waals surface area (Å²) >= 11 is 0. The first-order valence-corrected chi connectivity index (χ1v) is 10.6. The van der Waals surface area contributed by atoms with Gasteiger partial charge in [0.2, 0.25) is 5.91 Å². The quantitative estimate of drug-likeness (QED) is 0.523. The Morgan fingerprint density at radius 3 is 2.47 bits per heavy atom. The molecule has 7 nitrogen and oxygen atoms in total. The number of anilines is 2. The predicted octanol–water partition coefficient (Wildman–Crippen LogP) is 3.84. The van der Waals surface area contributed by atoms with E-state index in [4.69, 9.17) is 14.7 Å². The van der Waals surface area contributed by atoms with E-state index >= 15 is 0 Å². The van der Waals surface area contributed by atoms with E-state index in [2.05, 4.69) is 10.3 Å². The molecule has 0 spiro atoms. The molecule has 7 heteroatoms. The van der Waals surface area contributed by atoms with Crippen LogP contribution in [0, 0.1) is 0 Å². The minimum Gasteiger partial charge on any atom is -0.378 e. The van der Waals surface area contributed by atoms with Gasteiger partial charge in [0.25, 0.3) is 0 Å². The van der Waals surface area contributed by atoms with Crippen LogP contribution in [0.3, 0.4) is 0 Å². The lowest BCUT2D eigenvalue weighted by Gasteiger charge is -2.26. The van der Waals surface area contributed by atoms with E-state index in [1.807, 2.05) is 65.6 Å². The molecule has 4 aromatic rings. The van der Waals surface area contributed by atoms with Crippen LogP contribution in [-0.2, 0) is 16.0 Å². The number of hydrogen-bond donors (Lipinski definition) is 1. The largest absolute Gasteiger partial charge is 0.378 e. The molecule has 1 fully saturated rings. The summed E-state index contributed by atoms with van der Waals surface area (Å²) in [5, 5.41) is 4.36. The van der Waals surface area contributed by atoms with Gasteiger partial charge in [-0.1, -0.05) is 24.3 Å². The Labute approximate surface area is 186 Å². The third kappa shape index (κ3) is 4.43. The molecule has 1 aliphatic heterocycles. The number of fused-ring (bicyclic) bond motifs is 1. The fourth-order valence-corrected chi connectivity index (χ4v) is 3.74. The zero-order valence-corrected chi connectivity index (χ0v) is 17.6. The molecule has 3 heterocycles. The van der Waals surface area contributed by atoms with Crippen molar-refractivity contribution in [3.05, 3.63) is 78.6 Å². The van der Waals surface area contributed by atoms with Crippen LogP contribution in [-0.4, -0.2) is 52.1 Å². The van der Waals surface area contributed by atoms with Crippen molar-refractivity contribution in [1.82, 2.24) is 19.9 Å². The zero-order valence-electron chi connectivity index (χ0n) is 17.6. The fourth-order valence-electron chi connectivity index (χ4n) is 3.74. The number of morpholine rings is 1. The van der Waals surface area contributed by atoms with E-state index in [9.17, 15) is 4.79 Å². The van der Waals surface area contributed by atoms with Crippen LogP contribution < -0.4 is 5.32 Å². The Morgan fingerprint density at radius 2 is 1.69 bits per heavy atom. The van der Waals surface area contributed by atoms with Gasteiger partial charge in [-0.3, -0.25) is 9.78 Å². The molecule has 0 atom stereocenters.